The van der Waals surface area contributed by atoms with E-state index in [2.05, 4.69) is 34.8 Å². The lowest BCUT2D eigenvalue weighted by Gasteiger charge is -2.16. The van der Waals surface area contributed by atoms with Crippen LogP contribution in [0.25, 0.3) is 0 Å². The smallest absolute Gasteiger partial charge is 0.243 e. The van der Waals surface area contributed by atoms with Gasteiger partial charge in [-0.2, -0.15) is 0 Å². The molecule has 142 valence electrons. The Morgan fingerprint density at radius 3 is 2.32 bits per heavy atom. The van der Waals surface area contributed by atoms with Gasteiger partial charge in [0.15, 0.2) is 23.4 Å². The molecule has 0 fully saturated rings. The van der Waals surface area contributed by atoms with Crippen molar-refractivity contribution < 1.29 is 18.0 Å². The van der Waals surface area contributed by atoms with Gasteiger partial charge in [-0.05, 0) is 18.1 Å². The Hall–Kier alpha value is -1.52. The second kappa shape index (κ2) is 11.9. The number of carbonyl (C=O) groups excluding carboxylic acids is 1. The molecule has 3 N–H and O–H groups in total. The molecule has 0 unspecified atom stereocenters. The molecule has 9 heteroatoms. The molecule has 0 spiro atoms. The van der Waals surface area contributed by atoms with Crippen molar-refractivity contribution in [3.8, 4) is 0 Å². The van der Waals surface area contributed by atoms with E-state index < -0.39 is 29.0 Å². The molecule has 1 aromatic rings. The molecular formula is C16H24F3IN4O. The zero-order chi connectivity index (χ0) is 18.1. The third-order valence-electron chi connectivity index (χ3n) is 3.66. The van der Waals surface area contributed by atoms with Crippen LogP contribution < -0.4 is 16.0 Å². The minimum Gasteiger partial charge on any atom is -0.356 e. The van der Waals surface area contributed by atoms with Crippen LogP contribution >= 0.6 is 24.0 Å². The number of benzene rings is 1. The van der Waals surface area contributed by atoms with E-state index in [1.807, 2.05) is 0 Å². The Bertz CT molecular complexity index is 595. The summed E-state index contributed by atoms with van der Waals surface area (Å²) in [6, 6.07) is 1.71. The van der Waals surface area contributed by atoms with Gasteiger partial charge in [0.05, 0.1) is 12.2 Å². The number of halogens is 4. The minimum atomic E-state index is -1.62. The van der Waals surface area contributed by atoms with Crippen LogP contribution in [0, 0.1) is 23.4 Å². The molecule has 0 aliphatic carbocycles. The molecule has 0 bridgehead atoms. The third-order valence-corrected chi connectivity index (χ3v) is 3.66. The Balaban J connectivity index is 0.00000576. The van der Waals surface area contributed by atoms with Crippen LogP contribution in [0.2, 0.25) is 0 Å². The molecule has 1 rings (SSSR count). The molecule has 1 amide bonds. The van der Waals surface area contributed by atoms with Crippen molar-refractivity contribution in [2.24, 2.45) is 10.9 Å². The summed E-state index contributed by atoms with van der Waals surface area (Å²) in [6.07, 6.45) is 2.05. The Kier molecular flexibility index (Phi) is 11.2. The van der Waals surface area contributed by atoms with E-state index in [0.717, 1.165) is 25.0 Å². The van der Waals surface area contributed by atoms with Gasteiger partial charge in [0, 0.05) is 13.6 Å². The third kappa shape index (κ3) is 7.49. The molecule has 25 heavy (non-hydrogen) atoms. The van der Waals surface area contributed by atoms with Gasteiger partial charge in [-0.3, -0.25) is 9.79 Å². The second-order valence-electron chi connectivity index (χ2n) is 5.26. The molecule has 5 nitrogen and oxygen atoms in total. The van der Waals surface area contributed by atoms with Crippen LogP contribution in [0.5, 0.6) is 0 Å². The predicted molar refractivity (Wildman–Crippen MR) is 104 cm³/mol. The van der Waals surface area contributed by atoms with Gasteiger partial charge < -0.3 is 16.0 Å². The van der Waals surface area contributed by atoms with E-state index in [1.165, 1.54) is 0 Å². The molecule has 0 heterocycles. The standard InChI is InChI=1S/C16H23F3N4O.HI/c1-4-10(5-2)8-21-16(20-3)22-9-13(24)23-12-7-6-11(17)14(18)15(12)19;/h6-7,10H,4-5,8-9H2,1-3H3,(H,23,24)(H2,20,21,22);1H. The number of guanidine groups is 1. The van der Waals surface area contributed by atoms with Gasteiger partial charge >= 0.3 is 0 Å². The summed E-state index contributed by atoms with van der Waals surface area (Å²) in [6.45, 7) is 4.71. The number of nitrogens with one attached hydrogen (secondary N) is 3. The van der Waals surface area contributed by atoms with Crippen LogP contribution in [0.1, 0.15) is 26.7 Å². The lowest BCUT2D eigenvalue weighted by Crippen LogP contribution is -2.43. The highest BCUT2D eigenvalue weighted by atomic mass is 127. The van der Waals surface area contributed by atoms with Crippen molar-refractivity contribution in [3.05, 3.63) is 29.6 Å². The van der Waals surface area contributed by atoms with Gasteiger partial charge in [-0.25, -0.2) is 13.2 Å². The van der Waals surface area contributed by atoms with Crippen LogP contribution in [0.15, 0.2) is 17.1 Å². The number of anilines is 1. The first-order valence-electron chi connectivity index (χ1n) is 7.80. The van der Waals surface area contributed by atoms with Crippen molar-refractivity contribution in [2.75, 3.05) is 25.5 Å². The lowest BCUT2D eigenvalue weighted by atomic mass is 10.0. The molecule has 1 aromatic carbocycles. The van der Waals surface area contributed by atoms with Crippen LogP contribution in [-0.4, -0.2) is 32.0 Å². The van der Waals surface area contributed by atoms with Gasteiger partial charge in [-0.15, -0.1) is 24.0 Å². The number of rotatable bonds is 7. The number of amides is 1. The fourth-order valence-electron chi connectivity index (χ4n) is 2.02. The summed E-state index contributed by atoms with van der Waals surface area (Å²) >= 11 is 0. The SMILES string of the molecule is CCC(CC)CNC(=NC)NCC(=O)Nc1ccc(F)c(F)c1F.I. The highest BCUT2D eigenvalue weighted by molar-refractivity contribution is 14.0. The molecular weight excluding hydrogens is 448 g/mol. The zero-order valence-corrected chi connectivity index (χ0v) is 16.8. The van der Waals surface area contributed by atoms with Gasteiger partial charge in [0.1, 0.15) is 0 Å². The normalized spacial score (nSPS) is 11.1. The topological polar surface area (TPSA) is 65.5 Å². The molecule has 0 aliphatic heterocycles. The fourth-order valence-corrected chi connectivity index (χ4v) is 2.02. The Morgan fingerprint density at radius 1 is 1.12 bits per heavy atom. The van der Waals surface area contributed by atoms with E-state index in [1.54, 1.807) is 7.05 Å². The zero-order valence-electron chi connectivity index (χ0n) is 14.5. The van der Waals surface area contributed by atoms with Crippen molar-refractivity contribution >= 4 is 41.5 Å². The first kappa shape index (κ1) is 23.5. The monoisotopic (exact) mass is 472 g/mol. The van der Waals surface area contributed by atoms with E-state index in [-0.39, 0.29) is 30.5 Å². The second-order valence-corrected chi connectivity index (χ2v) is 5.26. The number of aliphatic imine (C=N–C) groups is 1. The first-order chi connectivity index (χ1) is 11.4. The summed E-state index contributed by atoms with van der Waals surface area (Å²) in [5, 5.41) is 8.05. The maximum atomic E-state index is 13.5. The highest BCUT2D eigenvalue weighted by Gasteiger charge is 2.15. The molecule has 0 aromatic heterocycles. The van der Waals surface area contributed by atoms with Crippen molar-refractivity contribution in [2.45, 2.75) is 26.7 Å². The predicted octanol–water partition coefficient (Wildman–Crippen LogP) is 3.26. The van der Waals surface area contributed by atoms with Crippen LogP contribution in [-0.2, 0) is 4.79 Å². The van der Waals surface area contributed by atoms with Gasteiger partial charge in [0.25, 0.3) is 0 Å². The van der Waals surface area contributed by atoms with Crippen molar-refractivity contribution in [1.29, 1.82) is 0 Å². The molecule has 0 radical (unpaired) electrons. The molecule has 0 saturated heterocycles. The molecule has 0 saturated carbocycles. The van der Waals surface area contributed by atoms with Crippen molar-refractivity contribution in [3.63, 3.8) is 0 Å². The quantitative estimate of drug-likeness (QED) is 0.247. The number of carbonyl (C=O) groups is 1. The van der Waals surface area contributed by atoms with E-state index in [4.69, 9.17) is 0 Å². The maximum absolute atomic E-state index is 13.5. The summed E-state index contributed by atoms with van der Waals surface area (Å²) in [4.78, 5) is 15.8. The van der Waals surface area contributed by atoms with E-state index in [9.17, 15) is 18.0 Å². The summed E-state index contributed by atoms with van der Waals surface area (Å²) < 4.78 is 39.4. The molecule has 0 atom stereocenters. The van der Waals surface area contributed by atoms with Gasteiger partial charge in [0.2, 0.25) is 5.91 Å². The first-order valence-corrected chi connectivity index (χ1v) is 7.80. The maximum Gasteiger partial charge on any atom is 0.243 e. The molecule has 0 aliphatic rings. The average Bonchev–Trinajstić information content (AvgIpc) is 2.58. The minimum absolute atomic E-state index is 0. The number of hydrogen-bond acceptors (Lipinski definition) is 2. The largest absolute Gasteiger partial charge is 0.356 e. The Labute approximate surface area is 162 Å². The van der Waals surface area contributed by atoms with Gasteiger partial charge in [-0.1, -0.05) is 26.7 Å². The summed E-state index contributed by atoms with van der Waals surface area (Å²) in [5.41, 5.74) is -0.416. The van der Waals surface area contributed by atoms with Crippen LogP contribution in [0.3, 0.4) is 0 Å². The fraction of sp³-hybridized carbons (Fsp3) is 0.500. The lowest BCUT2D eigenvalue weighted by molar-refractivity contribution is -0.115. The average molecular weight is 472 g/mol. The number of hydrogen-bond donors (Lipinski definition) is 3. The Morgan fingerprint density at radius 2 is 1.76 bits per heavy atom. The summed E-state index contributed by atoms with van der Waals surface area (Å²) in [5.74, 6) is -4.04. The van der Waals surface area contributed by atoms with Crippen molar-refractivity contribution in [1.82, 2.24) is 10.6 Å². The number of nitrogens with zero attached hydrogens (tertiary/aromatic N) is 1. The van der Waals surface area contributed by atoms with E-state index >= 15 is 0 Å². The van der Waals surface area contributed by atoms with E-state index in [0.29, 0.717) is 18.4 Å². The van der Waals surface area contributed by atoms with Crippen LogP contribution in [0.4, 0.5) is 18.9 Å². The highest BCUT2D eigenvalue weighted by Crippen LogP contribution is 2.19. The summed E-state index contributed by atoms with van der Waals surface area (Å²) in [7, 11) is 1.56.